The van der Waals surface area contributed by atoms with E-state index in [9.17, 15) is 14.3 Å². The molecule has 0 aromatic heterocycles. The van der Waals surface area contributed by atoms with Crippen LogP contribution in [-0.2, 0) is 4.79 Å². The summed E-state index contributed by atoms with van der Waals surface area (Å²) in [7, 11) is 1.61. The summed E-state index contributed by atoms with van der Waals surface area (Å²) in [6.45, 7) is 0. The molecule has 1 aliphatic rings. The van der Waals surface area contributed by atoms with Crippen LogP contribution < -0.4 is 9.64 Å². The third-order valence-corrected chi connectivity index (χ3v) is 6.31. The zero-order chi connectivity index (χ0) is 22.0. The lowest BCUT2D eigenvalue weighted by molar-refractivity contribution is -0.131. The average molecular weight is 484 g/mol. The van der Waals surface area contributed by atoms with Crippen LogP contribution >= 0.6 is 15.9 Å². The van der Waals surface area contributed by atoms with Crippen LogP contribution in [0.1, 0.15) is 36.1 Å². The maximum absolute atomic E-state index is 13.4. The van der Waals surface area contributed by atoms with Gasteiger partial charge in [-0.3, -0.25) is 4.79 Å². The van der Waals surface area contributed by atoms with Crippen LogP contribution in [0.3, 0.4) is 0 Å². The highest BCUT2D eigenvalue weighted by molar-refractivity contribution is 9.10. The Bertz CT molecular complexity index is 1040. The molecule has 0 radical (unpaired) electrons. The third-order valence-electron chi connectivity index (χ3n) is 5.78. The molecule has 0 spiro atoms. The van der Waals surface area contributed by atoms with Gasteiger partial charge in [0, 0.05) is 10.2 Å². The molecule has 1 aliphatic heterocycles. The summed E-state index contributed by atoms with van der Waals surface area (Å²) >= 11 is 3.40. The van der Waals surface area contributed by atoms with Crippen molar-refractivity contribution in [1.29, 1.82) is 0 Å². The van der Waals surface area contributed by atoms with E-state index in [0.29, 0.717) is 18.5 Å². The highest BCUT2D eigenvalue weighted by Gasteiger charge is 2.48. The Balaban J connectivity index is 1.55. The molecule has 1 amide bonds. The molecule has 31 heavy (non-hydrogen) atoms. The first kappa shape index (κ1) is 21.5. The lowest BCUT2D eigenvalue weighted by Gasteiger charge is -2.48. The number of aliphatic hydroxyl groups excluding tert-OH is 1. The van der Waals surface area contributed by atoms with E-state index in [-0.39, 0.29) is 23.7 Å². The van der Waals surface area contributed by atoms with E-state index in [1.54, 1.807) is 24.1 Å². The summed E-state index contributed by atoms with van der Waals surface area (Å²) in [6, 6.07) is 21.0. The lowest BCUT2D eigenvalue weighted by Crippen LogP contribution is -2.55. The van der Waals surface area contributed by atoms with Crippen LogP contribution in [0.25, 0.3) is 0 Å². The van der Waals surface area contributed by atoms with Crippen LogP contribution in [0.2, 0.25) is 0 Å². The summed E-state index contributed by atoms with van der Waals surface area (Å²) < 4.78 is 19.6. The summed E-state index contributed by atoms with van der Waals surface area (Å²) in [5, 5.41) is 10.6. The molecule has 4 nitrogen and oxygen atoms in total. The van der Waals surface area contributed by atoms with Crippen LogP contribution in [0, 0.1) is 11.7 Å². The van der Waals surface area contributed by atoms with Gasteiger partial charge >= 0.3 is 0 Å². The van der Waals surface area contributed by atoms with Crippen molar-refractivity contribution >= 4 is 27.5 Å². The van der Waals surface area contributed by atoms with E-state index in [2.05, 4.69) is 15.9 Å². The molecule has 0 saturated carbocycles. The molecule has 1 saturated heterocycles. The summed E-state index contributed by atoms with van der Waals surface area (Å²) in [4.78, 5) is 14.8. The topological polar surface area (TPSA) is 49.8 Å². The van der Waals surface area contributed by atoms with Crippen molar-refractivity contribution in [3.63, 3.8) is 0 Å². The Morgan fingerprint density at radius 1 is 1.03 bits per heavy atom. The van der Waals surface area contributed by atoms with Crippen molar-refractivity contribution in [2.75, 3.05) is 12.0 Å². The fraction of sp³-hybridized carbons (Fsp3) is 0.240. The van der Waals surface area contributed by atoms with Gasteiger partial charge in [-0.1, -0.05) is 40.2 Å². The van der Waals surface area contributed by atoms with Crippen LogP contribution in [0.4, 0.5) is 10.1 Å². The molecule has 4 rings (SSSR count). The fourth-order valence-electron chi connectivity index (χ4n) is 4.09. The first-order valence-electron chi connectivity index (χ1n) is 10.1. The lowest BCUT2D eigenvalue weighted by atomic mass is 9.78. The number of carbonyl (C=O) groups excluding carboxylic acids is 1. The van der Waals surface area contributed by atoms with Crippen molar-refractivity contribution in [2.45, 2.75) is 25.0 Å². The van der Waals surface area contributed by atoms with Crippen molar-refractivity contribution in [3.8, 4) is 5.75 Å². The number of halogens is 2. The molecule has 3 aromatic carbocycles. The second kappa shape index (κ2) is 9.20. The Morgan fingerprint density at radius 3 is 2.29 bits per heavy atom. The second-order valence-corrected chi connectivity index (χ2v) is 8.57. The number of amides is 1. The first-order valence-corrected chi connectivity index (χ1v) is 10.9. The number of nitrogens with zero attached hydrogens (tertiary/aromatic N) is 1. The van der Waals surface area contributed by atoms with Gasteiger partial charge in [0.25, 0.3) is 0 Å². The highest BCUT2D eigenvalue weighted by atomic mass is 79.9. The third kappa shape index (κ3) is 4.50. The zero-order valence-corrected chi connectivity index (χ0v) is 18.6. The molecule has 1 fully saturated rings. The number of rotatable bonds is 7. The van der Waals surface area contributed by atoms with Gasteiger partial charge in [-0.05, 0) is 72.5 Å². The zero-order valence-electron chi connectivity index (χ0n) is 17.0. The monoisotopic (exact) mass is 483 g/mol. The van der Waals surface area contributed by atoms with E-state index in [1.807, 2.05) is 48.5 Å². The van der Waals surface area contributed by atoms with E-state index in [1.165, 1.54) is 12.1 Å². The highest BCUT2D eigenvalue weighted by Crippen LogP contribution is 2.46. The minimum Gasteiger partial charge on any atom is -0.497 e. The Morgan fingerprint density at radius 2 is 1.68 bits per heavy atom. The smallest absolute Gasteiger partial charge is 0.233 e. The minimum atomic E-state index is -0.641. The van der Waals surface area contributed by atoms with E-state index in [4.69, 9.17) is 4.74 Å². The van der Waals surface area contributed by atoms with Gasteiger partial charge in [-0.2, -0.15) is 0 Å². The Kier molecular flexibility index (Phi) is 6.39. The van der Waals surface area contributed by atoms with Crippen molar-refractivity contribution in [1.82, 2.24) is 0 Å². The van der Waals surface area contributed by atoms with Crippen molar-refractivity contribution < 1.29 is 19.0 Å². The van der Waals surface area contributed by atoms with Gasteiger partial charge < -0.3 is 14.7 Å². The standard InChI is InChI=1S/C25H23BrFNO3/c1-31-21-12-4-17(5-13-21)24-22(14-15-23(29)16-2-6-18(26)7-3-16)25(30)28(24)20-10-8-19(27)9-11-20/h2-13,22-24,29H,14-15H2,1H3. The van der Waals surface area contributed by atoms with Gasteiger partial charge in [0.15, 0.2) is 0 Å². The Labute approximate surface area is 189 Å². The van der Waals surface area contributed by atoms with Gasteiger partial charge in [0.2, 0.25) is 5.91 Å². The molecule has 1 N–H and O–H groups in total. The summed E-state index contributed by atoms with van der Waals surface area (Å²) in [5.41, 5.74) is 2.47. The van der Waals surface area contributed by atoms with Crippen molar-refractivity contribution in [3.05, 3.63) is 94.2 Å². The number of methoxy groups -OCH3 is 1. The minimum absolute atomic E-state index is 0.0181. The number of carbonyl (C=O) groups is 1. The van der Waals surface area contributed by atoms with Gasteiger partial charge in [-0.25, -0.2) is 4.39 Å². The maximum atomic E-state index is 13.4. The van der Waals surface area contributed by atoms with E-state index in [0.717, 1.165) is 21.3 Å². The molecular weight excluding hydrogens is 461 g/mol. The van der Waals surface area contributed by atoms with E-state index < -0.39 is 6.10 Å². The molecular formula is C25H23BrFNO3. The predicted molar refractivity (Wildman–Crippen MR) is 121 cm³/mol. The van der Waals surface area contributed by atoms with Gasteiger partial charge in [-0.15, -0.1) is 0 Å². The number of aliphatic hydroxyl groups is 1. The summed E-state index contributed by atoms with van der Waals surface area (Å²) in [5.74, 6) is 0.121. The maximum Gasteiger partial charge on any atom is 0.233 e. The number of β-lactam (4-membered cyclic amide) rings is 1. The molecule has 1 heterocycles. The van der Waals surface area contributed by atoms with Crippen LogP contribution in [0.15, 0.2) is 77.3 Å². The Hall–Kier alpha value is -2.70. The molecule has 3 atom stereocenters. The number of anilines is 1. The largest absolute Gasteiger partial charge is 0.497 e. The van der Waals surface area contributed by atoms with Crippen LogP contribution in [-0.4, -0.2) is 18.1 Å². The second-order valence-electron chi connectivity index (χ2n) is 7.65. The number of hydrogen-bond acceptors (Lipinski definition) is 3. The number of ether oxygens (including phenoxy) is 1. The SMILES string of the molecule is COc1ccc(C2C(CCC(O)c3ccc(Br)cc3)C(=O)N2c2ccc(F)cc2)cc1. The van der Waals surface area contributed by atoms with Crippen LogP contribution in [0.5, 0.6) is 5.75 Å². The fourth-order valence-corrected chi connectivity index (χ4v) is 4.36. The normalized spacial score (nSPS) is 19.1. The first-order chi connectivity index (χ1) is 15.0. The van der Waals surface area contributed by atoms with Gasteiger partial charge in [0.05, 0.1) is 25.2 Å². The molecule has 0 aliphatic carbocycles. The molecule has 3 unspecified atom stereocenters. The van der Waals surface area contributed by atoms with E-state index >= 15 is 0 Å². The van der Waals surface area contributed by atoms with Gasteiger partial charge in [0.1, 0.15) is 11.6 Å². The van der Waals surface area contributed by atoms with Crippen molar-refractivity contribution in [2.24, 2.45) is 5.92 Å². The molecule has 160 valence electrons. The quantitative estimate of drug-likeness (QED) is 0.431. The summed E-state index contributed by atoms with van der Waals surface area (Å²) in [6.07, 6.45) is 0.379. The number of hydrogen-bond donors (Lipinski definition) is 1. The molecule has 0 bridgehead atoms. The predicted octanol–water partition coefficient (Wildman–Crippen LogP) is 5.81. The molecule has 6 heteroatoms. The molecule has 3 aromatic rings. The number of benzene rings is 3. The average Bonchev–Trinajstić information content (AvgIpc) is 2.79.